The summed E-state index contributed by atoms with van der Waals surface area (Å²) in [6, 6.07) is 8.99. The fourth-order valence-corrected chi connectivity index (χ4v) is 3.39. The number of hydrogen-bond donors (Lipinski definition) is 1. The van der Waals surface area contributed by atoms with Crippen molar-refractivity contribution in [3.63, 3.8) is 0 Å². The molecule has 1 aromatic heterocycles. The van der Waals surface area contributed by atoms with Crippen molar-refractivity contribution in [1.82, 2.24) is 15.0 Å². The molecule has 1 heterocycles. The largest absolute Gasteiger partial charge is 0.382 e. The minimum Gasteiger partial charge on any atom is -0.382 e. The highest BCUT2D eigenvalue weighted by atomic mass is 15.5. The standard InChI is InChI=1S/C17H24N4/c1-13(2)16-5-3-4-6-17(16)20-14-7-9-15(10-8-14)21-18-11-12-19-21/h7-13,16-17,20H,3-6H2,1-2H3. The van der Waals surface area contributed by atoms with Crippen LogP contribution in [0.1, 0.15) is 39.5 Å². The van der Waals surface area contributed by atoms with Crippen molar-refractivity contribution >= 4 is 5.69 Å². The van der Waals surface area contributed by atoms with Crippen LogP contribution in [-0.2, 0) is 0 Å². The molecular weight excluding hydrogens is 260 g/mol. The minimum atomic E-state index is 0.604. The Balaban J connectivity index is 1.69. The molecule has 1 fully saturated rings. The van der Waals surface area contributed by atoms with Gasteiger partial charge in [-0.2, -0.15) is 15.0 Å². The molecule has 2 unspecified atom stereocenters. The van der Waals surface area contributed by atoms with Gasteiger partial charge >= 0.3 is 0 Å². The maximum absolute atomic E-state index is 4.15. The molecule has 0 saturated heterocycles. The van der Waals surface area contributed by atoms with Gasteiger partial charge < -0.3 is 5.32 Å². The second-order valence-corrected chi connectivity index (χ2v) is 6.31. The highest BCUT2D eigenvalue weighted by molar-refractivity contribution is 5.49. The van der Waals surface area contributed by atoms with E-state index in [0.717, 1.165) is 17.5 Å². The maximum Gasteiger partial charge on any atom is 0.0858 e. The quantitative estimate of drug-likeness (QED) is 0.926. The fraction of sp³-hybridized carbons (Fsp3) is 0.529. The third-order valence-corrected chi connectivity index (χ3v) is 4.54. The summed E-state index contributed by atoms with van der Waals surface area (Å²) < 4.78 is 0. The molecule has 112 valence electrons. The van der Waals surface area contributed by atoms with E-state index >= 15 is 0 Å². The summed E-state index contributed by atoms with van der Waals surface area (Å²) in [6.07, 6.45) is 8.75. The van der Waals surface area contributed by atoms with E-state index in [1.807, 2.05) is 0 Å². The van der Waals surface area contributed by atoms with Crippen molar-refractivity contribution in [2.24, 2.45) is 11.8 Å². The molecule has 3 rings (SSSR count). The number of rotatable bonds is 4. The number of nitrogens with one attached hydrogen (secondary N) is 1. The molecule has 0 spiro atoms. The van der Waals surface area contributed by atoms with Crippen LogP contribution < -0.4 is 5.32 Å². The van der Waals surface area contributed by atoms with Gasteiger partial charge in [0.05, 0.1) is 18.1 Å². The zero-order valence-electron chi connectivity index (χ0n) is 12.9. The maximum atomic E-state index is 4.15. The van der Waals surface area contributed by atoms with E-state index in [4.69, 9.17) is 0 Å². The van der Waals surface area contributed by atoms with Gasteiger partial charge in [0.15, 0.2) is 0 Å². The third-order valence-electron chi connectivity index (χ3n) is 4.54. The van der Waals surface area contributed by atoms with Crippen molar-refractivity contribution in [2.45, 2.75) is 45.6 Å². The van der Waals surface area contributed by atoms with E-state index < -0.39 is 0 Å². The zero-order chi connectivity index (χ0) is 14.7. The van der Waals surface area contributed by atoms with Gasteiger partial charge in [-0.15, -0.1) is 0 Å². The van der Waals surface area contributed by atoms with Crippen LogP contribution in [0, 0.1) is 11.8 Å². The summed E-state index contributed by atoms with van der Waals surface area (Å²) in [6.45, 7) is 4.69. The van der Waals surface area contributed by atoms with Gasteiger partial charge in [-0.05, 0) is 48.9 Å². The van der Waals surface area contributed by atoms with Gasteiger partial charge in [-0.25, -0.2) is 0 Å². The van der Waals surface area contributed by atoms with E-state index in [9.17, 15) is 0 Å². The highest BCUT2D eigenvalue weighted by Gasteiger charge is 2.27. The molecule has 4 nitrogen and oxygen atoms in total. The smallest absolute Gasteiger partial charge is 0.0858 e. The minimum absolute atomic E-state index is 0.604. The van der Waals surface area contributed by atoms with Gasteiger partial charge in [0.2, 0.25) is 0 Å². The van der Waals surface area contributed by atoms with Crippen molar-refractivity contribution in [2.75, 3.05) is 5.32 Å². The van der Waals surface area contributed by atoms with Crippen LogP contribution in [0.4, 0.5) is 5.69 Å². The van der Waals surface area contributed by atoms with Crippen molar-refractivity contribution in [1.29, 1.82) is 0 Å². The zero-order valence-corrected chi connectivity index (χ0v) is 12.9. The summed E-state index contributed by atoms with van der Waals surface area (Å²) >= 11 is 0. The molecule has 2 aromatic rings. The Morgan fingerprint density at radius 3 is 2.38 bits per heavy atom. The first-order valence-electron chi connectivity index (χ1n) is 7.97. The lowest BCUT2D eigenvalue weighted by molar-refractivity contribution is 0.254. The van der Waals surface area contributed by atoms with E-state index in [1.165, 1.54) is 31.4 Å². The van der Waals surface area contributed by atoms with Gasteiger partial charge in [-0.1, -0.05) is 26.7 Å². The Morgan fingerprint density at radius 1 is 1.05 bits per heavy atom. The van der Waals surface area contributed by atoms with Crippen LogP contribution in [0.5, 0.6) is 0 Å². The normalized spacial score (nSPS) is 22.4. The third kappa shape index (κ3) is 3.26. The number of nitrogens with zero attached hydrogens (tertiary/aromatic N) is 3. The Bertz CT molecular complexity index is 545. The molecule has 1 N–H and O–H groups in total. The lowest BCUT2D eigenvalue weighted by Crippen LogP contribution is -2.35. The summed E-state index contributed by atoms with van der Waals surface area (Å²) in [5.41, 5.74) is 2.19. The molecule has 1 aromatic carbocycles. The number of hydrogen-bond acceptors (Lipinski definition) is 3. The van der Waals surface area contributed by atoms with Gasteiger partial charge in [-0.3, -0.25) is 0 Å². The van der Waals surface area contributed by atoms with Gasteiger partial charge in [0.1, 0.15) is 0 Å². The van der Waals surface area contributed by atoms with E-state index in [1.54, 1.807) is 17.2 Å². The molecule has 0 amide bonds. The number of benzene rings is 1. The summed E-state index contributed by atoms with van der Waals surface area (Å²) in [5, 5.41) is 12.0. The first kappa shape index (κ1) is 14.1. The molecule has 0 bridgehead atoms. The van der Waals surface area contributed by atoms with Crippen molar-refractivity contribution < 1.29 is 0 Å². The van der Waals surface area contributed by atoms with Crippen LogP contribution in [0.3, 0.4) is 0 Å². The molecule has 0 radical (unpaired) electrons. The van der Waals surface area contributed by atoms with Crippen LogP contribution in [-0.4, -0.2) is 21.0 Å². The van der Waals surface area contributed by atoms with Crippen molar-refractivity contribution in [3.05, 3.63) is 36.7 Å². The second kappa shape index (κ2) is 6.29. The summed E-state index contributed by atoms with van der Waals surface area (Å²) in [7, 11) is 0. The van der Waals surface area contributed by atoms with Crippen LogP contribution in [0.15, 0.2) is 36.7 Å². The van der Waals surface area contributed by atoms with Gasteiger partial charge in [0.25, 0.3) is 0 Å². The average Bonchev–Trinajstić information content (AvgIpc) is 3.03. The number of anilines is 1. The molecule has 4 heteroatoms. The topological polar surface area (TPSA) is 42.7 Å². The fourth-order valence-electron chi connectivity index (χ4n) is 3.39. The second-order valence-electron chi connectivity index (χ2n) is 6.31. The first-order valence-corrected chi connectivity index (χ1v) is 7.97. The SMILES string of the molecule is CC(C)C1CCCCC1Nc1ccc(-n2nccn2)cc1. The Labute approximate surface area is 126 Å². The molecule has 21 heavy (non-hydrogen) atoms. The lowest BCUT2D eigenvalue weighted by atomic mass is 9.78. The van der Waals surface area contributed by atoms with Gasteiger partial charge in [0, 0.05) is 11.7 Å². The Morgan fingerprint density at radius 2 is 1.71 bits per heavy atom. The predicted octanol–water partition coefficient (Wildman–Crippen LogP) is 3.89. The Kier molecular flexibility index (Phi) is 4.23. The summed E-state index contributed by atoms with van der Waals surface area (Å²) in [5.74, 6) is 1.53. The predicted molar refractivity (Wildman–Crippen MR) is 85.6 cm³/mol. The summed E-state index contributed by atoms with van der Waals surface area (Å²) in [4.78, 5) is 1.64. The van der Waals surface area contributed by atoms with E-state index in [2.05, 4.69) is 53.6 Å². The first-order chi connectivity index (χ1) is 10.2. The average molecular weight is 284 g/mol. The molecule has 0 aliphatic heterocycles. The van der Waals surface area contributed by atoms with Crippen LogP contribution in [0.2, 0.25) is 0 Å². The van der Waals surface area contributed by atoms with E-state index in [-0.39, 0.29) is 0 Å². The molecule has 2 atom stereocenters. The van der Waals surface area contributed by atoms with Crippen LogP contribution >= 0.6 is 0 Å². The van der Waals surface area contributed by atoms with Crippen molar-refractivity contribution in [3.8, 4) is 5.69 Å². The molecule has 1 aliphatic carbocycles. The lowest BCUT2D eigenvalue weighted by Gasteiger charge is -2.35. The van der Waals surface area contributed by atoms with E-state index in [0.29, 0.717) is 6.04 Å². The van der Waals surface area contributed by atoms with Crippen LogP contribution in [0.25, 0.3) is 5.69 Å². The number of aromatic nitrogens is 3. The molecule has 1 aliphatic rings. The Hall–Kier alpha value is -1.84. The monoisotopic (exact) mass is 284 g/mol. The molecular formula is C17H24N4. The highest BCUT2D eigenvalue weighted by Crippen LogP contribution is 2.32. The molecule has 1 saturated carbocycles.